The van der Waals surface area contributed by atoms with E-state index in [0.717, 1.165) is 5.56 Å². The van der Waals surface area contributed by atoms with Crippen LogP contribution in [0.2, 0.25) is 0 Å². The van der Waals surface area contributed by atoms with Crippen LogP contribution in [0.5, 0.6) is 0 Å². The summed E-state index contributed by atoms with van der Waals surface area (Å²) in [6, 6.07) is 9.73. The topological polar surface area (TPSA) is 55.8 Å². The molecule has 0 heterocycles. The van der Waals surface area contributed by atoms with Crippen molar-refractivity contribution in [1.29, 1.82) is 0 Å². The fourth-order valence-electron chi connectivity index (χ4n) is 1.23. The lowest BCUT2D eigenvalue weighted by molar-refractivity contribution is -0.144. The Morgan fingerprint density at radius 3 is 2.71 bits per heavy atom. The van der Waals surface area contributed by atoms with E-state index in [-0.39, 0.29) is 6.61 Å². The summed E-state index contributed by atoms with van der Waals surface area (Å²) in [5.74, 6) is -1.00. The third-order valence-corrected chi connectivity index (χ3v) is 2.08. The van der Waals surface area contributed by atoms with Crippen molar-refractivity contribution in [2.24, 2.45) is 0 Å². The lowest BCUT2D eigenvalue weighted by Crippen LogP contribution is -2.21. The second-order valence-corrected chi connectivity index (χ2v) is 3.48. The van der Waals surface area contributed by atoms with Gasteiger partial charge in [-0.1, -0.05) is 36.4 Å². The number of ether oxygens (including phenoxy) is 2. The Bertz CT molecular complexity index is 348. The molecule has 1 aromatic rings. The van der Waals surface area contributed by atoms with Gasteiger partial charge in [0.15, 0.2) is 0 Å². The number of carboxylic acid groups (broad SMARTS) is 1. The summed E-state index contributed by atoms with van der Waals surface area (Å²) >= 11 is 0. The molecule has 4 nitrogen and oxygen atoms in total. The molecular weight excluding hydrogens is 220 g/mol. The van der Waals surface area contributed by atoms with Crippen molar-refractivity contribution in [3.63, 3.8) is 0 Å². The molecule has 4 heteroatoms. The van der Waals surface area contributed by atoms with Crippen LogP contribution in [0.4, 0.5) is 0 Å². The van der Waals surface area contributed by atoms with Crippen LogP contribution in [0.15, 0.2) is 43.0 Å². The molecule has 0 spiro atoms. The van der Waals surface area contributed by atoms with Gasteiger partial charge in [-0.3, -0.25) is 0 Å². The van der Waals surface area contributed by atoms with Gasteiger partial charge in [-0.25, -0.2) is 4.79 Å². The van der Waals surface area contributed by atoms with Crippen LogP contribution in [0.1, 0.15) is 5.56 Å². The van der Waals surface area contributed by atoms with E-state index in [2.05, 4.69) is 6.58 Å². The predicted octanol–water partition coefficient (Wildman–Crippen LogP) is 1.86. The summed E-state index contributed by atoms with van der Waals surface area (Å²) in [6.45, 7) is 4.00. The van der Waals surface area contributed by atoms with Crippen molar-refractivity contribution in [2.45, 2.75) is 12.7 Å². The highest BCUT2D eigenvalue weighted by molar-refractivity contribution is 5.68. The molecule has 92 valence electrons. The zero-order valence-corrected chi connectivity index (χ0v) is 9.54. The Hall–Kier alpha value is -1.65. The van der Waals surface area contributed by atoms with Crippen LogP contribution in [-0.2, 0) is 20.9 Å². The lowest BCUT2D eigenvalue weighted by atomic mass is 10.2. The molecule has 0 amide bonds. The Morgan fingerprint density at radius 1 is 1.41 bits per heavy atom. The van der Waals surface area contributed by atoms with Crippen LogP contribution in [0, 0.1) is 0 Å². The summed E-state index contributed by atoms with van der Waals surface area (Å²) < 4.78 is 10.5. The number of hydrogen-bond donors (Lipinski definition) is 1. The van der Waals surface area contributed by atoms with Gasteiger partial charge in [-0.05, 0) is 5.56 Å². The van der Waals surface area contributed by atoms with Gasteiger partial charge >= 0.3 is 5.97 Å². The molecule has 0 fully saturated rings. The monoisotopic (exact) mass is 236 g/mol. The van der Waals surface area contributed by atoms with E-state index in [1.165, 1.54) is 6.08 Å². The van der Waals surface area contributed by atoms with Gasteiger partial charge in [0.1, 0.15) is 6.61 Å². The van der Waals surface area contributed by atoms with E-state index < -0.39 is 12.1 Å². The van der Waals surface area contributed by atoms with Crippen molar-refractivity contribution in [1.82, 2.24) is 0 Å². The normalized spacial score (nSPS) is 12.0. The zero-order valence-electron chi connectivity index (χ0n) is 9.54. The molecule has 1 aromatic carbocycles. The maximum atomic E-state index is 10.3. The van der Waals surface area contributed by atoms with Crippen LogP contribution >= 0.6 is 0 Å². The molecule has 1 N–H and O–H groups in total. The minimum absolute atomic E-state index is 0.297. The van der Waals surface area contributed by atoms with Gasteiger partial charge in [0, 0.05) is 0 Å². The first-order valence-electron chi connectivity index (χ1n) is 5.30. The number of benzene rings is 1. The average molecular weight is 236 g/mol. The zero-order chi connectivity index (χ0) is 12.5. The van der Waals surface area contributed by atoms with E-state index in [1.54, 1.807) is 0 Å². The van der Waals surface area contributed by atoms with Gasteiger partial charge in [0.2, 0.25) is 0 Å². The predicted molar refractivity (Wildman–Crippen MR) is 63.7 cm³/mol. The highest BCUT2D eigenvalue weighted by Crippen LogP contribution is 2.02. The van der Waals surface area contributed by atoms with Gasteiger partial charge in [-0.15, -0.1) is 6.58 Å². The Balaban J connectivity index is 2.24. The van der Waals surface area contributed by atoms with Crippen molar-refractivity contribution >= 4 is 5.97 Å². The van der Waals surface area contributed by atoms with Crippen LogP contribution in [0.25, 0.3) is 0 Å². The first kappa shape index (κ1) is 13.4. The second kappa shape index (κ2) is 7.60. The third-order valence-electron chi connectivity index (χ3n) is 2.08. The van der Waals surface area contributed by atoms with E-state index in [1.807, 2.05) is 30.3 Å². The molecule has 0 aliphatic carbocycles. The van der Waals surface area contributed by atoms with Gasteiger partial charge in [0.25, 0.3) is 0 Å². The standard InChI is InChI=1S/C13H16O4/c1-2-12(17-10-13(14)15)9-16-8-11-6-4-3-5-7-11/h2-7,12H,1,8-10H2,(H,14,15)/t12-/m1/s1. The van der Waals surface area contributed by atoms with Crippen molar-refractivity contribution < 1.29 is 19.4 Å². The summed E-state index contributed by atoms with van der Waals surface area (Å²) in [5, 5.41) is 8.46. The third kappa shape index (κ3) is 5.85. The maximum absolute atomic E-state index is 10.3. The van der Waals surface area contributed by atoms with Crippen LogP contribution in [0.3, 0.4) is 0 Å². The first-order valence-corrected chi connectivity index (χ1v) is 5.30. The molecule has 0 radical (unpaired) electrons. The second-order valence-electron chi connectivity index (χ2n) is 3.48. The van der Waals surface area contributed by atoms with E-state index in [9.17, 15) is 4.79 Å². The van der Waals surface area contributed by atoms with Crippen LogP contribution < -0.4 is 0 Å². The minimum Gasteiger partial charge on any atom is -0.480 e. The van der Waals surface area contributed by atoms with Crippen molar-refractivity contribution in [2.75, 3.05) is 13.2 Å². The van der Waals surface area contributed by atoms with Gasteiger partial charge < -0.3 is 14.6 Å². The highest BCUT2D eigenvalue weighted by atomic mass is 16.5. The van der Waals surface area contributed by atoms with Crippen molar-refractivity contribution in [3.05, 3.63) is 48.6 Å². The molecule has 0 aliphatic rings. The molecule has 0 saturated heterocycles. The van der Waals surface area contributed by atoms with Gasteiger partial charge in [-0.2, -0.15) is 0 Å². The lowest BCUT2D eigenvalue weighted by Gasteiger charge is -2.12. The molecule has 0 unspecified atom stereocenters. The fourth-order valence-corrected chi connectivity index (χ4v) is 1.23. The molecule has 0 aliphatic heterocycles. The molecule has 0 aromatic heterocycles. The Morgan fingerprint density at radius 2 is 2.12 bits per heavy atom. The Kier molecular flexibility index (Phi) is 5.99. The summed E-state index contributed by atoms with van der Waals surface area (Å²) in [4.78, 5) is 10.3. The smallest absolute Gasteiger partial charge is 0.329 e. The molecule has 1 atom stereocenters. The Labute approximate surface area is 100 Å². The summed E-state index contributed by atoms with van der Waals surface area (Å²) in [7, 11) is 0. The molecule has 0 bridgehead atoms. The number of hydrogen-bond acceptors (Lipinski definition) is 3. The van der Waals surface area contributed by atoms with E-state index >= 15 is 0 Å². The first-order chi connectivity index (χ1) is 8.22. The van der Waals surface area contributed by atoms with E-state index in [4.69, 9.17) is 14.6 Å². The van der Waals surface area contributed by atoms with E-state index in [0.29, 0.717) is 13.2 Å². The number of rotatable bonds is 8. The van der Waals surface area contributed by atoms with Crippen molar-refractivity contribution in [3.8, 4) is 0 Å². The average Bonchev–Trinajstić information content (AvgIpc) is 2.34. The number of carboxylic acids is 1. The SMILES string of the molecule is C=C[C@H](COCc1ccccc1)OCC(=O)O. The number of aliphatic carboxylic acids is 1. The number of carbonyl (C=O) groups is 1. The fraction of sp³-hybridized carbons (Fsp3) is 0.308. The summed E-state index contributed by atoms with van der Waals surface area (Å²) in [5.41, 5.74) is 1.06. The maximum Gasteiger partial charge on any atom is 0.329 e. The van der Waals surface area contributed by atoms with Gasteiger partial charge in [0.05, 0.1) is 19.3 Å². The minimum atomic E-state index is -1.00. The quantitative estimate of drug-likeness (QED) is 0.700. The molecular formula is C13H16O4. The summed E-state index contributed by atoms with van der Waals surface area (Å²) in [6.07, 6.45) is 1.14. The van der Waals surface area contributed by atoms with Crippen LogP contribution in [-0.4, -0.2) is 30.4 Å². The molecule has 0 saturated carbocycles. The molecule has 17 heavy (non-hydrogen) atoms. The largest absolute Gasteiger partial charge is 0.480 e. The highest BCUT2D eigenvalue weighted by Gasteiger charge is 2.07. The molecule has 1 rings (SSSR count).